The first-order valence-corrected chi connectivity index (χ1v) is 4.52. The van der Waals surface area contributed by atoms with Crippen molar-refractivity contribution in [1.29, 1.82) is 0 Å². The molecule has 0 saturated carbocycles. The third-order valence-corrected chi connectivity index (χ3v) is 2.21. The molecule has 1 aromatic rings. The highest BCUT2D eigenvalue weighted by molar-refractivity contribution is 7.82. The van der Waals surface area contributed by atoms with Gasteiger partial charge in [0.1, 0.15) is 0 Å². The Morgan fingerprint density at radius 2 is 1.85 bits per heavy atom. The minimum absolute atomic E-state index is 0.143. The molecule has 0 radical (unpaired) electrons. The summed E-state index contributed by atoms with van der Waals surface area (Å²) in [6.45, 7) is 0. The molecule has 2 N–H and O–H groups in total. The number of fused-ring (bicyclic) bond motifs is 1. The van der Waals surface area contributed by atoms with Crippen molar-refractivity contribution in [2.24, 2.45) is 0 Å². The molecule has 13 heavy (non-hydrogen) atoms. The first kappa shape index (κ1) is 7.99. The summed E-state index contributed by atoms with van der Waals surface area (Å²) in [5.41, 5.74) is 0. The first-order chi connectivity index (χ1) is 5.99. The zero-order valence-electron chi connectivity index (χ0n) is 6.09. The smallest absolute Gasteiger partial charge is 0.501 e. The highest BCUT2D eigenvalue weighted by Crippen LogP contribution is 2.47. The summed E-state index contributed by atoms with van der Waals surface area (Å²) >= 11 is 0. The van der Waals surface area contributed by atoms with E-state index < -0.39 is 21.9 Å². The lowest BCUT2D eigenvalue weighted by atomic mass is 10.3. The van der Waals surface area contributed by atoms with Crippen molar-refractivity contribution in [3.8, 4) is 23.0 Å². The molecular weight excluding hydrogens is 200 g/mol. The van der Waals surface area contributed by atoms with Crippen LogP contribution in [0.5, 0.6) is 23.0 Å². The molecule has 0 fully saturated rings. The van der Waals surface area contributed by atoms with Gasteiger partial charge in [-0.25, -0.2) is 0 Å². The van der Waals surface area contributed by atoms with Crippen LogP contribution in [0.4, 0.5) is 0 Å². The zero-order chi connectivity index (χ0) is 9.64. The van der Waals surface area contributed by atoms with E-state index in [1.807, 2.05) is 0 Å². The highest BCUT2D eigenvalue weighted by Gasteiger charge is 2.32. The second kappa shape index (κ2) is 2.19. The summed E-state index contributed by atoms with van der Waals surface area (Å²) < 4.78 is 30.0. The van der Waals surface area contributed by atoms with E-state index in [1.54, 1.807) is 0 Å². The summed E-state index contributed by atoms with van der Waals surface area (Å²) in [6, 6.07) is 2.27. The molecule has 0 spiro atoms. The summed E-state index contributed by atoms with van der Waals surface area (Å²) in [4.78, 5) is 0. The third-order valence-electron chi connectivity index (χ3n) is 1.45. The van der Waals surface area contributed by atoms with Crippen LogP contribution in [0.3, 0.4) is 0 Å². The van der Waals surface area contributed by atoms with Gasteiger partial charge >= 0.3 is 10.4 Å². The molecule has 0 amide bonds. The van der Waals surface area contributed by atoms with Crippen molar-refractivity contribution in [1.82, 2.24) is 0 Å². The average molecular weight is 204 g/mol. The normalized spacial score (nSPS) is 17.2. The van der Waals surface area contributed by atoms with Gasteiger partial charge in [0, 0.05) is 0 Å². The first-order valence-electron chi connectivity index (χ1n) is 3.18. The van der Waals surface area contributed by atoms with E-state index in [1.165, 1.54) is 6.07 Å². The number of aromatic hydroxyl groups is 2. The maximum atomic E-state index is 10.7. The predicted molar refractivity (Wildman–Crippen MR) is 39.9 cm³/mol. The monoisotopic (exact) mass is 204 g/mol. The van der Waals surface area contributed by atoms with Crippen LogP contribution in [0.15, 0.2) is 12.1 Å². The average Bonchev–Trinajstić information content (AvgIpc) is 2.34. The van der Waals surface area contributed by atoms with E-state index in [0.29, 0.717) is 0 Å². The number of hydrogen-bond acceptors (Lipinski definition) is 6. The summed E-state index contributed by atoms with van der Waals surface area (Å²) in [6.07, 6.45) is 0. The van der Waals surface area contributed by atoms with Crippen molar-refractivity contribution in [3.63, 3.8) is 0 Å². The summed E-state index contributed by atoms with van der Waals surface area (Å²) in [5, 5.41) is 18.1. The second-order valence-corrected chi connectivity index (χ2v) is 3.49. The minimum Gasteiger partial charge on any atom is -0.504 e. The molecule has 0 aliphatic carbocycles. The Morgan fingerprint density at radius 3 is 2.54 bits per heavy atom. The molecule has 70 valence electrons. The lowest BCUT2D eigenvalue weighted by molar-refractivity contribution is 0.386. The van der Waals surface area contributed by atoms with Gasteiger partial charge in [0.25, 0.3) is 0 Å². The molecule has 0 unspecified atom stereocenters. The molecule has 1 heterocycles. The van der Waals surface area contributed by atoms with E-state index in [-0.39, 0.29) is 11.5 Å². The quantitative estimate of drug-likeness (QED) is 0.583. The fourth-order valence-electron chi connectivity index (χ4n) is 0.917. The largest absolute Gasteiger partial charge is 0.504 e. The van der Waals surface area contributed by atoms with Gasteiger partial charge in [0.05, 0.1) is 0 Å². The SMILES string of the molecule is O=S1(=O)Oc2ccc(O)c(O)c2O1. The summed E-state index contributed by atoms with van der Waals surface area (Å²) in [5.74, 6) is -1.66. The fourth-order valence-corrected chi connectivity index (χ4v) is 1.67. The number of rotatable bonds is 0. The lowest BCUT2D eigenvalue weighted by Crippen LogP contribution is -2.08. The molecule has 0 aromatic heterocycles. The highest BCUT2D eigenvalue weighted by atomic mass is 32.3. The lowest BCUT2D eigenvalue weighted by Gasteiger charge is -1.97. The molecule has 7 heteroatoms. The van der Waals surface area contributed by atoms with Crippen LogP contribution >= 0.6 is 0 Å². The zero-order valence-corrected chi connectivity index (χ0v) is 6.91. The number of hydrogen-bond donors (Lipinski definition) is 2. The van der Waals surface area contributed by atoms with Gasteiger partial charge in [-0.2, -0.15) is 0 Å². The Morgan fingerprint density at radius 1 is 1.15 bits per heavy atom. The number of phenols is 2. The Balaban J connectivity index is 2.65. The van der Waals surface area contributed by atoms with Gasteiger partial charge in [0.2, 0.25) is 11.5 Å². The van der Waals surface area contributed by atoms with Gasteiger partial charge in [-0.3, -0.25) is 0 Å². The summed E-state index contributed by atoms with van der Waals surface area (Å²) in [7, 11) is -4.12. The van der Waals surface area contributed by atoms with E-state index in [2.05, 4.69) is 8.37 Å². The van der Waals surface area contributed by atoms with Gasteiger partial charge in [-0.15, -0.1) is 8.42 Å². The van der Waals surface area contributed by atoms with E-state index in [0.717, 1.165) is 6.07 Å². The molecule has 2 rings (SSSR count). The van der Waals surface area contributed by atoms with Gasteiger partial charge < -0.3 is 18.6 Å². The van der Waals surface area contributed by atoms with Crippen molar-refractivity contribution in [2.45, 2.75) is 0 Å². The molecule has 1 aliphatic rings. The Hall–Kier alpha value is -1.63. The van der Waals surface area contributed by atoms with Crippen molar-refractivity contribution >= 4 is 10.4 Å². The van der Waals surface area contributed by atoms with E-state index >= 15 is 0 Å². The molecule has 0 atom stereocenters. The standard InChI is InChI=1S/C6H4O6S/c7-3-1-2-4-6(5(3)8)12-13(9,10)11-4/h1-2,7-8H. The van der Waals surface area contributed by atoms with E-state index in [9.17, 15) is 8.42 Å². The maximum absolute atomic E-state index is 10.7. The van der Waals surface area contributed by atoms with Gasteiger partial charge in [-0.1, -0.05) is 0 Å². The van der Waals surface area contributed by atoms with Crippen molar-refractivity contribution < 1.29 is 27.0 Å². The van der Waals surface area contributed by atoms with Crippen LogP contribution < -0.4 is 8.37 Å². The minimum atomic E-state index is -4.12. The van der Waals surface area contributed by atoms with Gasteiger partial charge in [-0.05, 0) is 12.1 Å². The van der Waals surface area contributed by atoms with Crippen molar-refractivity contribution in [2.75, 3.05) is 0 Å². The molecule has 0 saturated heterocycles. The predicted octanol–water partition coefficient (Wildman–Crippen LogP) is 0.114. The molecule has 6 nitrogen and oxygen atoms in total. The van der Waals surface area contributed by atoms with Crippen LogP contribution in [-0.2, 0) is 10.4 Å². The van der Waals surface area contributed by atoms with E-state index in [4.69, 9.17) is 10.2 Å². The van der Waals surface area contributed by atoms with Crippen LogP contribution in [0.25, 0.3) is 0 Å². The molecule has 0 bridgehead atoms. The van der Waals surface area contributed by atoms with Crippen LogP contribution in [-0.4, -0.2) is 18.6 Å². The molecule has 1 aromatic carbocycles. The molecular formula is C6H4O6S. The topological polar surface area (TPSA) is 93.1 Å². The maximum Gasteiger partial charge on any atom is 0.501 e. The Bertz CT molecular complexity index is 462. The van der Waals surface area contributed by atoms with Crippen molar-refractivity contribution in [3.05, 3.63) is 12.1 Å². The van der Waals surface area contributed by atoms with Crippen LogP contribution in [0.2, 0.25) is 0 Å². The van der Waals surface area contributed by atoms with Crippen LogP contribution in [0.1, 0.15) is 0 Å². The second-order valence-electron chi connectivity index (χ2n) is 2.34. The molecule has 1 aliphatic heterocycles. The number of benzene rings is 1. The third kappa shape index (κ3) is 1.13. The van der Waals surface area contributed by atoms with Gasteiger partial charge in [0.15, 0.2) is 11.5 Å². The Labute approximate surface area is 73.3 Å². The number of phenolic OH excluding ortho intramolecular Hbond substituents is 2. The van der Waals surface area contributed by atoms with Crippen LogP contribution in [0, 0.1) is 0 Å². The Kier molecular flexibility index (Phi) is 1.35. The fraction of sp³-hybridized carbons (Fsp3) is 0.